The molecular formula is C15H28O3. The highest BCUT2D eigenvalue weighted by atomic mass is 16.7. The molecule has 1 aliphatic carbocycles. The maximum Gasteiger partial charge on any atom is 0.508 e. The molecule has 0 radical (unpaired) electrons. The maximum absolute atomic E-state index is 11.4. The first-order valence-corrected chi connectivity index (χ1v) is 7.36. The SMILES string of the molecule is CCC(C)C1CCC(OC(=O)OCC(C)C)CC1. The molecule has 0 heterocycles. The molecule has 0 bridgehead atoms. The van der Waals surface area contributed by atoms with Crippen molar-refractivity contribution in [1.82, 2.24) is 0 Å². The lowest BCUT2D eigenvalue weighted by Gasteiger charge is -2.31. The van der Waals surface area contributed by atoms with Gasteiger partial charge in [-0.15, -0.1) is 0 Å². The molecule has 0 spiro atoms. The number of hydrogen-bond donors (Lipinski definition) is 0. The minimum Gasteiger partial charge on any atom is -0.434 e. The van der Waals surface area contributed by atoms with Crippen molar-refractivity contribution in [3.8, 4) is 0 Å². The first kappa shape index (κ1) is 15.3. The summed E-state index contributed by atoms with van der Waals surface area (Å²) in [4.78, 5) is 11.4. The monoisotopic (exact) mass is 256 g/mol. The molecular weight excluding hydrogens is 228 g/mol. The van der Waals surface area contributed by atoms with Crippen molar-refractivity contribution in [2.75, 3.05) is 6.61 Å². The van der Waals surface area contributed by atoms with Gasteiger partial charge in [-0.25, -0.2) is 4.79 Å². The first-order chi connectivity index (χ1) is 8.52. The van der Waals surface area contributed by atoms with Gasteiger partial charge in [0.15, 0.2) is 0 Å². The number of ether oxygens (including phenoxy) is 2. The molecule has 3 heteroatoms. The fraction of sp³-hybridized carbons (Fsp3) is 0.933. The van der Waals surface area contributed by atoms with Crippen LogP contribution in [0.3, 0.4) is 0 Å². The molecule has 18 heavy (non-hydrogen) atoms. The van der Waals surface area contributed by atoms with Gasteiger partial charge in [-0.3, -0.25) is 0 Å². The summed E-state index contributed by atoms with van der Waals surface area (Å²) < 4.78 is 10.4. The second-order valence-electron chi connectivity index (χ2n) is 6.00. The molecule has 0 aromatic rings. The number of carbonyl (C=O) groups is 1. The Balaban J connectivity index is 2.21. The predicted octanol–water partition coefficient (Wildman–Crippen LogP) is 4.40. The second-order valence-corrected chi connectivity index (χ2v) is 6.00. The maximum atomic E-state index is 11.4. The Hall–Kier alpha value is -0.730. The Morgan fingerprint density at radius 1 is 1.17 bits per heavy atom. The molecule has 3 nitrogen and oxygen atoms in total. The third-order valence-corrected chi connectivity index (χ3v) is 3.96. The molecule has 0 aliphatic heterocycles. The summed E-state index contributed by atoms with van der Waals surface area (Å²) >= 11 is 0. The highest BCUT2D eigenvalue weighted by molar-refractivity contribution is 5.60. The van der Waals surface area contributed by atoms with Crippen LogP contribution in [0.15, 0.2) is 0 Å². The van der Waals surface area contributed by atoms with Gasteiger partial charge in [-0.05, 0) is 43.4 Å². The van der Waals surface area contributed by atoms with E-state index in [2.05, 4.69) is 13.8 Å². The fourth-order valence-corrected chi connectivity index (χ4v) is 2.51. The van der Waals surface area contributed by atoms with Crippen LogP contribution >= 0.6 is 0 Å². The van der Waals surface area contributed by atoms with Gasteiger partial charge < -0.3 is 9.47 Å². The summed E-state index contributed by atoms with van der Waals surface area (Å²) in [5.74, 6) is 1.96. The Morgan fingerprint density at radius 2 is 1.78 bits per heavy atom. The Kier molecular flexibility index (Phi) is 6.51. The van der Waals surface area contributed by atoms with Crippen molar-refractivity contribution in [2.45, 2.75) is 65.9 Å². The fourth-order valence-electron chi connectivity index (χ4n) is 2.51. The summed E-state index contributed by atoms with van der Waals surface area (Å²) in [6.45, 7) is 9.05. The van der Waals surface area contributed by atoms with E-state index in [1.807, 2.05) is 13.8 Å². The van der Waals surface area contributed by atoms with Crippen LogP contribution in [-0.2, 0) is 9.47 Å². The van der Waals surface area contributed by atoms with Crippen molar-refractivity contribution in [2.24, 2.45) is 17.8 Å². The summed E-state index contributed by atoms with van der Waals surface area (Å²) in [5.41, 5.74) is 0. The van der Waals surface area contributed by atoms with Crippen molar-refractivity contribution >= 4 is 6.16 Å². The van der Waals surface area contributed by atoms with Crippen LogP contribution in [-0.4, -0.2) is 18.9 Å². The highest BCUT2D eigenvalue weighted by Crippen LogP contribution is 2.32. The number of carbonyl (C=O) groups excluding carboxylic acids is 1. The van der Waals surface area contributed by atoms with E-state index in [1.165, 1.54) is 19.3 Å². The molecule has 1 saturated carbocycles. The average Bonchev–Trinajstić information content (AvgIpc) is 2.36. The lowest BCUT2D eigenvalue weighted by Crippen LogP contribution is -2.27. The van der Waals surface area contributed by atoms with Gasteiger partial charge in [0.05, 0.1) is 6.61 Å². The largest absolute Gasteiger partial charge is 0.508 e. The van der Waals surface area contributed by atoms with Gasteiger partial charge in [-0.2, -0.15) is 0 Å². The van der Waals surface area contributed by atoms with E-state index in [9.17, 15) is 4.79 Å². The molecule has 0 aromatic carbocycles. The van der Waals surface area contributed by atoms with Crippen LogP contribution in [0.4, 0.5) is 4.79 Å². The van der Waals surface area contributed by atoms with Crippen molar-refractivity contribution in [3.05, 3.63) is 0 Å². The van der Waals surface area contributed by atoms with Gasteiger partial charge >= 0.3 is 6.16 Å². The van der Waals surface area contributed by atoms with Crippen molar-refractivity contribution < 1.29 is 14.3 Å². The summed E-state index contributed by atoms with van der Waals surface area (Å²) in [6.07, 6.45) is 5.17. The van der Waals surface area contributed by atoms with E-state index >= 15 is 0 Å². The van der Waals surface area contributed by atoms with E-state index in [0.29, 0.717) is 12.5 Å². The van der Waals surface area contributed by atoms with E-state index in [1.54, 1.807) is 0 Å². The van der Waals surface area contributed by atoms with Gasteiger partial charge in [0.25, 0.3) is 0 Å². The molecule has 0 N–H and O–H groups in total. The zero-order valence-electron chi connectivity index (χ0n) is 12.3. The number of hydrogen-bond acceptors (Lipinski definition) is 3. The predicted molar refractivity (Wildman–Crippen MR) is 72.5 cm³/mol. The summed E-state index contributed by atoms with van der Waals surface area (Å²) in [7, 11) is 0. The van der Waals surface area contributed by atoms with Crippen LogP contribution in [0, 0.1) is 17.8 Å². The smallest absolute Gasteiger partial charge is 0.434 e. The highest BCUT2D eigenvalue weighted by Gasteiger charge is 2.26. The van der Waals surface area contributed by atoms with Gasteiger partial charge in [0.2, 0.25) is 0 Å². The van der Waals surface area contributed by atoms with E-state index in [0.717, 1.165) is 24.7 Å². The average molecular weight is 256 g/mol. The zero-order chi connectivity index (χ0) is 13.5. The minimum atomic E-state index is -0.490. The minimum absolute atomic E-state index is 0.0740. The van der Waals surface area contributed by atoms with E-state index < -0.39 is 6.16 Å². The topological polar surface area (TPSA) is 35.5 Å². The Morgan fingerprint density at radius 3 is 2.28 bits per heavy atom. The van der Waals surface area contributed by atoms with Crippen LogP contribution in [0.5, 0.6) is 0 Å². The van der Waals surface area contributed by atoms with E-state index in [-0.39, 0.29) is 6.10 Å². The molecule has 1 aliphatic rings. The van der Waals surface area contributed by atoms with Crippen molar-refractivity contribution in [1.29, 1.82) is 0 Å². The van der Waals surface area contributed by atoms with Crippen LogP contribution < -0.4 is 0 Å². The Labute approximate surface area is 111 Å². The van der Waals surface area contributed by atoms with Gasteiger partial charge in [-0.1, -0.05) is 34.1 Å². The van der Waals surface area contributed by atoms with E-state index in [4.69, 9.17) is 9.47 Å². The standard InChI is InChI=1S/C15H28O3/c1-5-12(4)13-6-8-14(9-7-13)18-15(16)17-10-11(2)3/h11-14H,5-10H2,1-4H3. The summed E-state index contributed by atoms with van der Waals surface area (Å²) in [5, 5.41) is 0. The van der Waals surface area contributed by atoms with Crippen LogP contribution in [0.1, 0.15) is 59.8 Å². The van der Waals surface area contributed by atoms with Crippen LogP contribution in [0.25, 0.3) is 0 Å². The normalized spacial score (nSPS) is 25.8. The third kappa shape index (κ3) is 5.28. The zero-order valence-corrected chi connectivity index (χ0v) is 12.3. The molecule has 1 fully saturated rings. The Bertz CT molecular complexity index is 242. The molecule has 106 valence electrons. The molecule has 1 atom stereocenters. The second kappa shape index (κ2) is 7.65. The molecule has 0 amide bonds. The lowest BCUT2D eigenvalue weighted by molar-refractivity contribution is -0.00193. The van der Waals surface area contributed by atoms with Gasteiger partial charge in [0, 0.05) is 0 Å². The molecule has 1 unspecified atom stereocenters. The van der Waals surface area contributed by atoms with Crippen LogP contribution in [0.2, 0.25) is 0 Å². The first-order valence-electron chi connectivity index (χ1n) is 7.36. The molecule has 1 rings (SSSR count). The lowest BCUT2D eigenvalue weighted by atomic mass is 9.79. The quantitative estimate of drug-likeness (QED) is 0.684. The third-order valence-electron chi connectivity index (χ3n) is 3.96. The number of rotatable bonds is 5. The molecule has 0 aromatic heterocycles. The summed E-state index contributed by atoms with van der Waals surface area (Å²) in [6, 6.07) is 0. The van der Waals surface area contributed by atoms with Gasteiger partial charge in [0.1, 0.15) is 6.10 Å². The van der Waals surface area contributed by atoms with Crippen molar-refractivity contribution in [3.63, 3.8) is 0 Å². The molecule has 0 saturated heterocycles.